The van der Waals surface area contributed by atoms with Crippen molar-refractivity contribution in [2.75, 3.05) is 17.7 Å². The van der Waals surface area contributed by atoms with Crippen LogP contribution < -0.4 is 14.4 Å². The molecule has 2 aromatic rings. The van der Waals surface area contributed by atoms with Gasteiger partial charge in [-0.1, -0.05) is 25.1 Å². The number of benzene rings is 2. The molecule has 0 radical (unpaired) electrons. The Balaban J connectivity index is 1.81. The first kappa shape index (κ1) is 23.1. The van der Waals surface area contributed by atoms with E-state index < -0.39 is 16.1 Å². The largest absolute Gasteiger partial charge is 0.497 e. The molecule has 0 saturated carbocycles. The van der Waals surface area contributed by atoms with Crippen LogP contribution in [-0.4, -0.2) is 33.7 Å². The quantitative estimate of drug-likeness (QED) is 0.668. The third-order valence-electron chi connectivity index (χ3n) is 5.92. The molecular formula is C24H32N2O4S. The van der Waals surface area contributed by atoms with Crippen molar-refractivity contribution in [3.63, 3.8) is 0 Å². The Hall–Kier alpha value is -2.54. The molecule has 0 spiro atoms. The Morgan fingerprint density at radius 1 is 1.10 bits per heavy atom. The molecule has 1 aliphatic carbocycles. The smallest absolute Gasteiger partial charge is 0.244 e. The van der Waals surface area contributed by atoms with E-state index in [9.17, 15) is 13.2 Å². The molecule has 168 valence electrons. The minimum Gasteiger partial charge on any atom is -0.497 e. The Morgan fingerprint density at radius 3 is 2.32 bits per heavy atom. The third-order valence-corrected chi connectivity index (χ3v) is 7.16. The lowest BCUT2D eigenvalue weighted by atomic mass is 9.88. The lowest BCUT2D eigenvalue weighted by Crippen LogP contribution is -2.48. The average Bonchev–Trinajstić information content (AvgIpc) is 2.76. The number of sulfonamides is 1. The number of hydrogen-bond donors (Lipinski definition) is 1. The summed E-state index contributed by atoms with van der Waals surface area (Å²) in [6, 6.07) is 12.0. The molecule has 1 aliphatic rings. The summed E-state index contributed by atoms with van der Waals surface area (Å²) in [5.41, 5.74) is 4.25. The average molecular weight is 445 g/mol. The maximum atomic E-state index is 13.1. The summed E-state index contributed by atoms with van der Waals surface area (Å²) in [6.07, 6.45) is 6.44. The number of carbonyl (C=O) groups is 1. The number of aryl methyl sites for hydroxylation is 2. The van der Waals surface area contributed by atoms with Gasteiger partial charge in [0.05, 0.1) is 25.1 Å². The van der Waals surface area contributed by atoms with E-state index in [-0.39, 0.29) is 11.9 Å². The number of ether oxygens (including phenoxy) is 1. The fraction of sp³-hybridized carbons (Fsp3) is 0.458. The number of carbonyl (C=O) groups excluding carboxylic acids is 1. The van der Waals surface area contributed by atoms with Crippen LogP contribution in [0.3, 0.4) is 0 Å². The number of nitrogens with one attached hydrogen (secondary N) is 1. The number of methoxy groups -OCH3 is 1. The van der Waals surface area contributed by atoms with Crippen molar-refractivity contribution in [2.45, 2.75) is 58.0 Å². The molecule has 3 rings (SSSR count). The Morgan fingerprint density at radius 2 is 1.74 bits per heavy atom. The van der Waals surface area contributed by atoms with Crippen molar-refractivity contribution in [1.29, 1.82) is 0 Å². The van der Waals surface area contributed by atoms with Crippen LogP contribution in [0.25, 0.3) is 0 Å². The first-order valence-electron chi connectivity index (χ1n) is 10.8. The second kappa shape index (κ2) is 9.73. The van der Waals surface area contributed by atoms with Crippen molar-refractivity contribution in [1.82, 2.24) is 5.32 Å². The molecule has 0 bridgehead atoms. The van der Waals surface area contributed by atoms with Gasteiger partial charge in [-0.15, -0.1) is 0 Å². The van der Waals surface area contributed by atoms with E-state index >= 15 is 0 Å². The summed E-state index contributed by atoms with van der Waals surface area (Å²) >= 11 is 0. The summed E-state index contributed by atoms with van der Waals surface area (Å²) in [7, 11) is -2.12. The molecule has 31 heavy (non-hydrogen) atoms. The standard InChI is InChI=1S/C24H32N2O4S/c1-5-23(20-11-10-18-8-6-7-9-19(18)16-20)25-24(27)17(2)26(31(4,28)29)21-12-14-22(30-3)15-13-21/h10-17,23H,5-9H2,1-4H3,(H,25,27). The molecule has 1 N–H and O–H groups in total. The van der Waals surface area contributed by atoms with Crippen LogP contribution in [0.1, 0.15) is 55.8 Å². The Labute approximate surface area is 185 Å². The predicted octanol–water partition coefficient (Wildman–Crippen LogP) is 4.00. The molecule has 2 unspecified atom stereocenters. The van der Waals surface area contributed by atoms with E-state index in [2.05, 4.69) is 23.5 Å². The van der Waals surface area contributed by atoms with Gasteiger partial charge in [-0.05, 0) is 80.0 Å². The topological polar surface area (TPSA) is 75.7 Å². The first-order valence-corrected chi connectivity index (χ1v) is 12.6. The number of rotatable bonds is 8. The molecule has 2 atom stereocenters. The van der Waals surface area contributed by atoms with Crippen LogP contribution >= 0.6 is 0 Å². The van der Waals surface area contributed by atoms with E-state index in [1.807, 2.05) is 6.92 Å². The van der Waals surface area contributed by atoms with E-state index in [1.54, 1.807) is 38.3 Å². The first-order chi connectivity index (χ1) is 14.7. The van der Waals surface area contributed by atoms with E-state index in [4.69, 9.17) is 4.74 Å². The fourth-order valence-corrected chi connectivity index (χ4v) is 5.40. The van der Waals surface area contributed by atoms with Crippen LogP contribution in [0.2, 0.25) is 0 Å². The van der Waals surface area contributed by atoms with Crippen molar-refractivity contribution < 1.29 is 17.9 Å². The van der Waals surface area contributed by atoms with Gasteiger partial charge in [0.15, 0.2) is 0 Å². The van der Waals surface area contributed by atoms with Crippen LogP contribution in [-0.2, 0) is 27.7 Å². The van der Waals surface area contributed by atoms with Crippen LogP contribution in [0.4, 0.5) is 5.69 Å². The van der Waals surface area contributed by atoms with Crippen LogP contribution in [0.15, 0.2) is 42.5 Å². The van der Waals surface area contributed by atoms with Gasteiger partial charge < -0.3 is 10.1 Å². The summed E-state index contributed by atoms with van der Waals surface area (Å²) < 4.78 is 31.4. The number of nitrogens with zero attached hydrogens (tertiary/aromatic N) is 1. The second-order valence-corrected chi connectivity index (χ2v) is 10.00. The maximum Gasteiger partial charge on any atom is 0.244 e. The molecule has 0 saturated heterocycles. The van der Waals surface area contributed by atoms with Gasteiger partial charge in [0.1, 0.15) is 11.8 Å². The van der Waals surface area contributed by atoms with Crippen LogP contribution in [0, 0.1) is 0 Å². The van der Waals surface area contributed by atoms with Crippen molar-refractivity contribution in [2.24, 2.45) is 0 Å². The third kappa shape index (κ3) is 5.39. The SMILES string of the molecule is CCC(NC(=O)C(C)N(c1ccc(OC)cc1)S(C)(=O)=O)c1ccc2c(c1)CCCC2. The normalized spacial score (nSPS) is 15.5. The monoisotopic (exact) mass is 444 g/mol. The molecule has 2 aromatic carbocycles. The van der Waals surface area contributed by atoms with Gasteiger partial charge >= 0.3 is 0 Å². The highest BCUT2D eigenvalue weighted by Gasteiger charge is 2.30. The maximum absolute atomic E-state index is 13.1. The van der Waals surface area contributed by atoms with Crippen molar-refractivity contribution in [3.05, 3.63) is 59.2 Å². The molecule has 6 nitrogen and oxygen atoms in total. The highest BCUT2D eigenvalue weighted by atomic mass is 32.2. The number of amides is 1. The summed E-state index contributed by atoms with van der Waals surface area (Å²) in [5.74, 6) is 0.290. The summed E-state index contributed by atoms with van der Waals surface area (Å²) in [5, 5.41) is 3.06. The zero-order chi connectivity index (χ0) is 22.6. The van der Waals surface area contributed by atoms with Crippen LogP contribution in [0.5, 0.6) is 5.75 Å². The number of hydrogen-bond acceptors (Lipinski definition) is 4. The molecule has 0 aliphatic heterocycles. The van der Waals surface area contributed by atoms with E-state index in [1.165, 1.54) is 24.0 Å². The Kier molecular flexibility index (Phi) is 7.26. The van der Waals surface area contributed by atoms with Gasteiger partial charge in [-0.2, -0.15) is 0 Å². The molecule has 0 aromatic heterocycles. The number of fused-ring (bicyclic) bond motifs is 1. The lowest BCUT2D eigenvalue weighted by molar-refractivity contribution is -0.122. The van der Waals surface area contributed by atoms with E-state index in [0.717, 1.165) is 35.4 Å². The van der Waals surface area contributed by atoms with Crippen molar-refractivity contribution >= 4 is 21.6 Å². The Bertz CT molecular complexity index is 1020. The zero-order valence-electron chi connectivity index (χ0n) is 18.7. The summed E-state index contributed by atoms with van der Waals surface area (Å²) in [6.45, 7) is 3.63. The highest BCUT2D eigenvalue weighted by Crippen LogP contribution is 2.27. The van der Waals surface area contributed by atoms with Gasteiger partial charge in [0.2, 0.25) is 15.9 Å². The minimum absolute atomic E-state index is 0.167. The minimum atomic E-state index is -3.67. The lowest BCUT2D eigenvalue weighted by Gasteiger charge is -2.30. The molecule has 0 heterocycles. The molecule has 1 amide bonds. The number of anilines is 1. The van der Waals surface area contributed by atoms with Gasteiger partial charge in [-0.3, -0.25) is 9.10 Å². The van der Waals surface area contributed by atoms with Gasteiger partial charge in [-0.25, -0.2) is 8.42 Å². The zero-order valence-corrected chi connectivity index (χ0v) is 19.5. The van der Waals surface area contributed by atoms with Gasteiger partial charge in [0, 0.05) is 0 Å². The predicted molar refractivity (Wildman–Crippen MR) is 124 cm³/mol. The molecular weight excluding hydrogens is 412 g/mol. The fourth-order valence-electron chi connectivity index (χ4n) is 4.22. The second-order valence-electron chi connectivity index (χ2n) is 8.14. The summed E-state index contributed by atoms with van der Waals surface area (Å²) in [4.78, 5) is 13.1. The van der Waals surface area contributed by atoms with Crippen molar-refractivity contribution in [3.8, 4) is 5.75 Å². The molecule has 0 fully saturated rings. The van der Waals surface area contributed by atoms with E-state index in [0.29, 0.717) is 11.4 Å². The highest BCUT2D eigenvalue weighted by molar-refractivity contribution is 7.92. The molecule has 7 heteroatoms. The van der Waals surface area contributed by atoms with Gasteiger partial charge in [0.25, 0.3) is 0 Å².